The molecule has 0 unspecified atom stereocenters. The van der Waals surface area contributed by atoms with Crippen LogP contribution in [0.1, 0.15) is 5.56 Å². The third-order valence-corrected chi connectivity index (χ3v) is 5.54. The minimum absolute atomic E-state index is 0.115. The number of benzene rings is 1. The van der Waals surface area contributed by atoms with Crippen molar-refractivity contribution in [3.8, 4) is 0 Å². The molecule has 0 spiro atoms. The second kappa shape index (κ2) is 6.37. The molecule has 2 atom stereocenters. The molecule has 2 aliphatic rings. The van der Waals surface area contributed by atoms with E-state index in [0.29, 0.717) is 11.4 Å². The van der Waals surface area contributed by atoms with Crippen molar-refractivity contribution in [3.05, 3.63) is 40.6 Å². The predicted molar refractivity (Wildman–Crippen MR) is 90.1 cm³/mol. The second-order valence-corrected chi connectivity index (χ2v) is 6.99. The highest BCUT2D eigenvalue weighted by Crippen LogP contribution is 2.41. The Labute approximate surface area is 146 Å². The van der Waals surface area contributed by atoms with Gasteiger partial charge in [-0.25, -0.2) is 4.79 Å². The van der Waals surface area contributed by atoms with Gasteiger partial charge in [0.25, 0.3) is 5.91 Å². The van der Waals surface area contributed by atoms with Crippen molar-refractivity contribution in [2.45, 2.75) is 17.8 Å². The van der Waals surface area contributed by atoms with Crippen LogP contribution in [0, 0.1) is 0 Å². The maximum Gasteiger partial charge on any atom is 0.353 e. The fourth-order valence-corrected chi connectivity index (χ4v) is 4.18. The molecule has 0 aliphatic carbocycles. The van der Waals surface area contributed by atoms with Crippen molar-refractivity contribution < 1.29 is 19.5 Å². The molecule has 1 aromatic carbocycles. The number of hydrogen-bond acceptors (Lipinski definition) is 5. The molecule has 1 saturated heterocycles. The summed E-state index contributed by atoms with van der Waals surface area (Å²) in [5.74, 6) is -1.73. The number of nitrogens with two attached hydrogens (primary N) is 1. The fourth-order valence-electron chi connectivity index (χ4n) is 2.63. The second-order valence-electron chi connectivity index (χ2n) is 5.43. The number of nitrogens with zero attached hydrogens (tertiary/aromatic N) is 1. The van der Waals surface area contributed by atoms with E-state index in [4.69, 9.17) is 17.3 Å². The first kappa shape index (κ1) is 16.7. The molecule has 0 aromatic heterocycles. The molecule has 2 amide bonds. The number of carboxylic acid groups (broad SMARTS) is 1. The molecule has 1 aromatic rings. The number of aliphatic carboxylic acids is 1. The normalized spacial score (nSPS) is 22.7. The highest BCUT2D eigenvalue weighted by Gasteiger charge is 2.54. The van der Waals surface area contributed by atoms with Crippen molar-refractivity contribution in [1.82, 2.24) is 10.2 Å². The number of nitrogens with one attached hydrogen (secondary N) is 1. The first-order valence-corrected chi connectivity index (χ1v) is 8.51. The van der Waals surface area contributed by atoms with Crippen LogP contribution in [0.3, 0.4) is 0 Å². The summed E-state index contributed by atoms with van der Waals surface area (Å²) in [7, 11) is 0. The van der Waals surface area contributed by atoms with Crippen LogP contribution < -0.4 is 11.1 Å². The van der Waals surface area contributed by atoms with Crippen LogP contribution in [0.2, 0.25) is 0 Å². The Morgan fingerprint density at radius 1 is 1.38 bits per heavy atom. The van der Waals surface area contributed by atoms with Crippen molar-refractivity contribution in [2.24, 2.45) is 0 Å². The third-order valence-electron chi connectivity index (χ3n) is 3.79. The Kier molecular flexibility index (Phi) is 4.42. The van der Waals surface area contributed by atoms with Crippen molar-refractivity contribution in [3.63, 3.8) is 0 Å². The standard InChI is InChI=1S/C15H14ClN3O4S/c16-9-6-24-14-11(13(21)19(14)12(9)15(22)23)18-10(20)5-7-1-3-8(17)4-2-7/h1-4,11,14H,5-6,17H2,(H,18,20)(H,22,23)/t11-,14-/m1/s1. The molecule has 0 saturated carbocycles. The fraction of sp³-hybridized carbons (Fsp3) is 0.267. The smallest absolute Gasteiger partial charge is 0.353 e. The van der Waals surface area contributed by atoms with Gasteiger partial charge in [0.1, 0.15) is 17.1 Å². The molecule has 2 heterocycles. The number of amides is 2. The summed E-state index contributed by atoms with van der Waals surface area (Å²) >= 11 is 7.22. The zero-order valence-corrected chi connectivity index (χ0v) is 13.9. The lowest BCUT2D eigenvalue weighted by molar-refractivity contribution is -0.150. The topological polar surface area (TPSA) is 113 Å². The number of β-lactam (4-membered cyclic amide) rings is 1. The zero-order valence-electron chi connectivity index (χ0n) is 12.4. The van der Waals surface area contributed by atoms with Crippen LogP contribution >= 0.6 is 23.4 Å². The van der Waals surface area contributed by atoms with Crippen LogP contribution in [0.15, 0.2) is 35.0 Å². The van der Waals surface area contributed by atoms with Gasteiger partial charge in [0, 0.05) is 11.4 Å². The molecule has 2 aliphatic heterocycles. The molecule has 9 heteroatoms. The molecule has 0 bridgehead atoms. The Morgan fingerprint density at radius 2 is 2.04 bits per heavy atom. The Hall–Kier alpha value is -2.19. The number of anilines is 1. The minimum Gasteiger partial charge on any atom is -0.477 e. The quantitative estimate of drug-likeness (QED) is 0.534. The van der Waals surface area contributed by atoms with Gasteiger partial charge in [-0.3, -0.25) is 14.5 Å². The third kappa shape index (κ3) is 2.94. The number of carboxylic acids is 1. The first-order chi connectivity index (χ1) is 11.4. The lowest BCUT2D eigenvalue weighted by atomic mass is 10.0. The van der Waals surface area contributed by atoms with E-state index in [1.165, 1.54) is 11.8 Å². The molecule has 1 fully saturated rings. The van der Waals surface area contributed by atoms with E-state index in [9.17, 15) is 19.5 Å². The number of rotatable bonds is 4. The molecule has 0 radical (unpaired) electrons. The van der Waals surface area contributed by atoms with Crippen LogP contribution in [0.4, 0.5) is 5.69 Å². The number of hydrogen-bond donors (Lipinski definition) is 3. The van der Waals surface area contributed by atoms with Gasteiger partial charge in [-0.15, -0.1) is 11.8 Å². The van der Waals surface area contributed by atoms with Crippen LogP contribution in [0.5, 0.6) is 0 Å². The minimum atomic E-state index is -1.25. The van der Waals surface area contributed by atoms with Gasteiger partial charge in [0.15, 0.2) is 0 Å². The number of carbonyl (C=O) groups excluding carboxylic acids is 2. The largest absolute Gasteiger partial charge is 0.477 e. The molecule has 7 nitrogen and oxygen atoms in total. The van der Waals surface area contributed by atoms with E-state index in [1.807, 2.05) is 0 Å². The van der Waals surface area contributed by atoms with Gasteiger partial charge in [-0.1, -0.05) is 23.7 Å². The monoisotopic (exact) mass is 367 g/mol. The van der Waals surface area contributed by atoms with E-state index in [1.54, 1.807) is 24.3 Å². The van der Waals surface area contributed by atoms with Gasteiger partial charge in [-0.2, -0.15) is 0 Å². The summed E-state index contributed by atoms with van der Waals surface area (Å²) in [5, 5.41) is 11.5. The molecule has 3 rings (SSSR count). The number of thioether (sulfide) groups is 1. The van der Waals surface area contributed by atoms with E-state index in [2.05, 4.69) is 5.32 Å². The van der Waals surface area contributed by atoms with Crippen LogP contribution in [-0.2, 0) is 20.8 Å². The average molecular weight is 368 g/mol. The van der Waals surface area contributed by atoms with Crippen LogP contribution in [0.25, 0.3) is 0 Å². The highest BCUT2D eigenvalue weighted by atomic mass is 35.5. The average Bonchev–Trinajstić information content (AvgIpc) is 2.54. The Balaban J connectivity index is 1.66. The van der Waals surface area contributed by atoms with E-state index >= 15 is 0 Å². The van der Waals surface area contributed by atoms with Crippen molar-refractivity contribution in [1.29, 1.82) is 0 Å². The predicted octanol–water partition coefficient (Wildman–Crippen LogP) is 0.746. The van der Waals surface area contributed by atoms with Gasteiger partial charge < -0.3 is 16.2 Å². The van der Waals surface area contributed by atoms with Crippen molar-refractivity contribution >= 4 is 46.8 Å². The summed E-state index contributed by atoms with van der Waals surface area (Å²) < 4.78 is 0. The Bertz CT molecular complexity index is 750. The van der Waals surface area contributed by atoms with Crippen molar-refractivity contribution in [2.75, 3.05) is 11.5 Å². The summed E-state index contributed by atoms with van der Waals surface area (Å²) in [6, 6.07) is 6.13. The summed E-state index contributed by atoms with van der Waals surface area (Å²) in [4.78, 5) is 36.7. The number of fused-ring (bicyclic) bond motifs is 1. The van der Waals surface area contributed by atoms with Gasteiger partial charge >= 0.3 is 5.97 Å². The molecule has 126 valence electrons. The first-order valence-electron chi connectivity index (χ1n) is 7.09. The van der Waals surface area contributed by atoms with Gasteiger partial charge in [-0.05, 0) is 17.7 Å². The van der Waals surface area contributed by atoms with Crippen LogP contribution in [-0.4, -0.2) is 45.0 Å². The SMILES string of the molecule is Nc1ccc(CC(=O)N[C@@H]2C(=O)N3C(C(=O)O)=C(Cl)CS[C@H]23)cc1. The maximum atomic E-state index is 12.2. The molecular formula is C15H14ClN3O4S. The lowest BCUT2D eigenvalue weighted by Gasteiger charge is -2.48. The summed E-state index contributed by atoms with van der Waals surface area (Å²) in [6.45, 7) is 0. The van der Waals surface area contributed by atoms with E-state index < -0.39 is 23.3 Å². The number of halogens is 1. The molecule has 24 heavy (non-hydrogen) atoms. The van der Waals surface area contributed by atoms with E-state index in [-0.39, 0.29) is 23.1 Å². The van der Waals surface area contributed by atoms with E-state index in [0.717, 1.165) is 10.5 Å². The summed E-state index contributed by atoms with van der Waals surface area (Å²) in [5.41, 5.74) is 6.77. The van der Waals surface area contributed by atoms with Gasteiger partial charge in [0.2, 0.25) is 5.91 Å². The maximum absolute atomic E-state index is 12.2. The number of nitrogen functional groups attached to an aromatic ring is 1. The summed E-state index contributed by atoms with van der Waals surface area (Å²) in [6.07, 6.45) is 0.115. The number of carbonyl (C=O) groups is 3. The lowest BCUT2D eigenvalue weighted by Crippen LogP contribution is -2.70. The molecule has 4 N–H and O–H groups in total. The molecular weight excluding hydrogens is 354 g/mol. The highest BCUT2D eigenvalue weighted by molar-refractivity contribution is 8.00. The Morgan fingerprint density at radius 3 is 2.67 bits per heavy atom. The van der Waals surface area contributed by atoms with Gasteiger partial charge in [0.05, 0.1) is 11.5 Å². The zero-order chi connectivity index (χ0) is 17.4.